The van der Waals surface area contributed by atoms with Crippen LogP contribution in [0.3, 0.4) is 0 Å². The zero-order chi connectivity index (χ0) is 8.85. The van der Waals surface area contributed by atoms with Crippen LogP contribution < -0.4 is 0 Å². The maximum absolute atomic E-state index is 10.0. The molecule has 3 heteroatoms. The molecule has 0 aliphatic carbocycles. The highest BCUT2D eigenvalue weighted by molar-refractivity contribution is 5.79. The Morgan fingerprint density at radius 1 is 1.64 bits per heavy atom. The van der Waals surface area contributed by atoms with Crippen molar-refractivity contribution in [3.63, 3.8) is 0 Å². The van der Waals surface area contributed by atoms with E-state index in [2.05, 4.69) is 0 Å². The maximum Gasteiger partial charge on any atom is 0.327 e. The number of carbonyl (C=O) groups is 1. The highest BCUT2D eigenvalue weighted by atomic mass is 16.4. The van der Waals surface area contributed by atoms with E-state index in [1.807, 2.05) is 6.92 Å². The summed E-state index contributed by atoms with van der Waals surface area (Å²) in [5.74, 6) is -1.06. The Hall–Kier alpha value is -0.830. The molecule has 0 amide bonds. The van der Waals surface area contributed by atoms with Crippen molar-refractivity contribution in [1.82, 2.24) is 0 Å². The molecule has 0 aliphatic rings. The van der Waals surface area contributed by atoms with Crippen molar-refractivity contribution < 1.29 is 15.0 Å². The van der Waals surface area contributed by atoms with Gasteiger partial charge < -0.3 is 10.2 Å². The third-order valence-corrected chi connectivity index (χ3v) is 1.57. The van der Waals surface area contributed by atoms with Gasteiger partial charge >= 0.3 is 5.97 Å². The monoisotopic (exact) mass is 158 g/mol. The smallest absolute Gasteiger partial charge is 0.327 e. The lowest BCUT2D eigenvalue weighted by Gasteiger charge is -2.11. The summed E-state index contributed by atoms with van der Waals surface area (Å²) in [5.41, 5.74) is 0. The Morgan fingerprint density at radius 3 is 2.55 bits per heavy atom. The van der Waals surface area contributed by atoms with E-state index in [-0.39, 0.29) is 5.92 Å². The van der Waals surface area contributed by atoms with Crippen molar-refractivity contribution in [2.45, 2.75) is 26.4 Å². The highest BCUT2D eigenvalue weighted by Crippen LogP contribution is 2.07. The number of aliphatic carboxylic acids is 1. The van der Waals surface area contributed by atoms with E-state index in [0.29, 0.717) is 6.42 Å². The molecule has 0 radical (unpaired) electrons. The fourth-order valence-electron chi connectivity index (χ4n) is 0.734. The fraction of sp³-hybridized carbons (Fsp3) is 0.625. The third-order valence-electron chi connectivity index (χ3n) is 1.57. The van der Waals surface area contributed by atoms with Gasteiger partial charge in [0.15, 0.2) is 0 Å². The van der Waals surface area contributed by atoms with Crippen LogP contribution in [-0.2, 0) is 4.79 Å². The number of aliphatic hydroxyl groups is 1. The first kappa shape index (κ1) is 10.2. The molecule has 2 N–H and O–H groups in total. The summed E-state index contributed by atoms with van der Waals surface area (Å²) in [6.07, 6.45) is 2.76. The molecule has 0 fully saturated rings. The van der Waals surface area contributed by atoms with Crippen molar-refractivity contribution in [3.8, 4) is 0 Å². The summed E-state index contributed by atoms with van der Waals surface area (Å²) in [6, 6.07) is 0. The van der Waals surface area contributed by atoms with Crippen molar-refractivity contribution in [2.24, 2.45) is 5.92 Å². The van der Waals surface area contributed by atoms with Crippen LogP contribution >= 0.6 is 0 Å². The SMILES string of the molecule is CCC(O)C(C)C=CC(=O)O. The quantitative estimate of drug-likeness (QED) is 0.601. The predicted molar refractivity (Wildman–Crippen MR) is 42.2 cm³/mol. The lowest BCUT2D eigenvalue weighted by Crippen LogP contribution is -2.14. The fourth-order valence-corrected chi connectivity index (χ4v) is 0.734. The lowest BCUT2D eigenvalue weighted by atomic mass is 10.0. The second-order valence-corrected chi connectivity index (χ2v) is 2.53. The van der Waals surface area contributed by atoms with E-state index in [0.717, 1.165) is 6.08 Å². The first-order chi connectivity index (χ1) is 5.07. The molecule has 0 aromatic carbocycles. The van der Waals surface area contributed by atoms with Crippen molar-refractivity contribution >= 4 is 5.97 Å². The van der Waals surface area contributed by atoms with Gasteiger partial charge in [0.05, 0.1) is 6.10 Å². The predicted octanol–water partition coefficient (Wildman–Crippen LogP) is 1.03. The van der Waals surface area contributed by atoms with E-state index >= 15 is 0 Å². The molecule has 2 atom stereocenters. The molecule has 11 heavy (non-hydrogen) atoms. The molecule has 0 aliphatic heterocycles. The number of hydrogen-bond donors (Lipinski definition) is 2. The van der Waals surface area contributed by atoms with Crippen LogP contribution in [0.5, 0.6) is 0 Å². The van der Waals surface area contributed by atoms with E-state index < -0.39 is 12.1 Å². The molecular formula is C8H14O3. The second kappa shape index (κ2) is 4.91. The number of carboxylic acid groups (broad SMARTS) is 1. The summed E-state index contributed by atoms with van der Waals surface area (Å²) in [7, 11) is 0. The Labute approximate surface area is 66.4 Å². The molecule has 0 spiro atoms. The Bertz CT molecular complexity index is 151. The van der Waals surface area contributed by atoms with Gasteiger partial charge in [-0.3, -0.25) is 0 Å². The standard InChI is InChI=1S/C8H14O3/c1-3-7(9)6(2)4-5-8(10)11/h4-7,9H,3H2,1-2H3,(H,10,11). The third kappa shape index (κ3) is 4.56. The second-order valence-electron chi connectivity index (χ2n) is 2.53. The van der Waals surface area contributed by atoms with Gasteiger partial charge in [-0.25, -0.2) is 4.79 Å². The zero-order valence-corrected chi connectivity index (χ0v) is 6.82. The lowest BCUT2D eigenvalue weighted by molar-refractivity contribution is -0.131. The molecule has 0 saturated carbocycles. The summed E-state index contributed by atoms with van der Waals surface area (Å²) < 4.78 is 0. The molecule has 0 rings (SSSR count). The molecule has 2 unspecified atom stereocenters. The number of carboxylic acids is 1. The Balaban J connectivity index is 3.85. The highest BCUT2D eigenvalue weighted by Gasteiger charge is 2.07. The van der Waals surface area contributed by atoms with Gasteiger partial charge in [-0.15, -0.1) is 0 Å². The average molecular weight is 158 g/mol. The molecule has 0 aromatic heterocycles. The number of rotatable bonds is 4. The van der Waals surface area contributed by atoms with E-state index in [1.54, 1.807) is 6.92 Å². The molecule has 3 nitrogen and oxygen atoms in total. The van der Waals surface area contributed by atoms with Crippen LogP contribution in [0.4, 0.5) is 0 Å². The van der Waals surface area contributed by atoms with Crippen molar-refractivity contribution in [3.05, 3.63) is 12.2 Å². The van der Waals surface area contributed by atoms with Crippen LogP contribution in [0.25, 0.3) is 0 Å². The van der Waals surface area contributed by atoms with Crippen LogP contribution in [0.15, 0.2) is 12.2 Å². The average Bonchev–Trinajstić information content (AvgIpc) is 1.98. The Kier molecular flexibility index (Phi) is 4.54. The summed E-state index contributed by atoms with van der Waals surface area (Å²) in [5, 5.41) is 17.4. The van der Waals surface area contributed by atoms with Crippen LogP contribution in [-0.4, -0.2) is 22.3 Å². The van der Waals surface area contributed by atoms with Gasteiger partial charge in [0.1, 0.15) is 0 Å². The molecule has 64 valence electrons. The number of aliphatic hydroxyl groups excluding tert-OH is 1. The largest absolute Gasteiger partial charge is 0.478 e. The molecular weight excluding hydrogens is 144 g/mol. The minimum Gasteiger partial charge on any atom is -0.478 e. The zero-order valence-electron chi connectivity index (χ0n) is 6.82. The van der Waals surface area contributed by atoms with Crippen molar-refractivity contribution in [2.75, 3.05) is 0 Å². The number of hydrogen-bond acceptors (Lipinski definition) is 2. The van der Waals surface area contributed by atoms with Crippen LogP contribution in [0, 0.1) is 5.92 Å². The van der Waals surface area contributed by atoms with Crippen molar-refractivity contribution in [1.29, 1.82) is 0 Å². The van der Waals surface area contributed by atoms with Gasteiger partial charge in [0.2, 0.25) is 0 Å². The van der Waals surface area contributed by atoms with Gasteiger partial charge in [-0.1, -0.05) is 19.9 Å². The normalized spacial score (nSPS) is 16.6. The minimum absolute atomic E-state index is 0.0869. The molecule has 0 heterocycles. The van der Waals surface area contributed by atoms with Gasteiger partial charge in [-0.05, 0) is 6.42 Å². The summed E-state index contributed by atoms with van der Waals surface area (Å²) >= 11 is 0. The minimum atomic E-state index is -0.972. The van der Waals surface area contributed by atoms with Gasteiger partial charge in [0, 0.05) is 12.0 Å². The topological polar surface area (TPSA) is 57.5 Å². The summed E-state index contributed by atoms with van der Waals surface area (Å²) in [6.45, 7) is 3.64. The van der Waals surface area contributed by atoms with E-state index in [4.69, 9.17) is 5.11 Å². The molecule has 0 saturated heterocycles. The molecule has 0 aromatic rings. The van der Waals surface area contributed by atoms with E-state index in [1.165, 1.54) is 6.08 Å². The van der Waals surface area contributed by atoms with Gasteiger partial charge in [-0.2, -0.15) is 0 Å². The molecule has 0 bridgehead atoms. The first-order valence-corrected chi connectivity index (χ1v) is 3.67. The first-order valence-electron chi connectivity index (χ1n) is 3.67. The van der Waals surface area contributed by atoms with E-state index in [9.17, 15) is 9.90 Å². The van der Waals surface area contributed by atoms with Crippen LogP contribution in [0.2, 0.25) is 0 Å². The maximum atomic E-state index is 10.0. The van der Waals surface area contributed by atoms with Gasteiger partial charge in [0.25, 0.3) is 0 Å². The summed E-state index contributed by atoms with van der Waals surface area (Å²) in [4.78, 5) is 10.0. The Morgan fingerprint density at radius 2 is 2.18 bits per heavy atom. The van der Waals surface area contributed by atoms with Crippen LogP contribution in [0.1, 0.15) is 20.3 Å².